The van der Waals surface area contributed by atoms with Crippen molar-refractivity contribution in [1.29, 1.82) is 0 Å². The Morgan fingerprint density at radius 1 is 1.35 bits per heavy atom. The van der Waals surface area contributed by atoms with Crippen LogP contribution in [0.4, 0.5) is 0 Å². The summed E-state index contributed by atoms with van der Waals surface area (Å²) in [6.07, 6.45) is 0. The molecule has 0 unspecified atom stereocenters. The zero-order valence-corrected chi connectivity index (χ0v) is 11.6. The summed E-state index contributed by atoms with van der Waals surface area (Å²) in [7, 11) is 3.51. The predicted octanol–water partition coefficient (Wildman–Crippen LogP) is 3.10. The van der Waals surface area contributed by atoms with Crippen molar-refractivity contribution in [3.05, 3.63) is 22.7 Å². The number of benzene rings is 1. The molecule has 0 saturated heterocycles. The Balaban J connectivity index is 3.03. The van der Waals surface area contributed by atoms with Crippen molar-refractivity contribution >= 4 is 11.6 Å². The largest absolute Gasteiger partial charge is 0.493 e. The maximum absolute atomic E-state index is 6.04. The highest BCUT2D eigenvalue weighted by Gasteiger charge is 2.12. The quantitative estimate of drug-likeness (QED) is 0.850. The summed E-state index contributed by atoms with van der Waals surface area (Å²) < 4.78 is 11.1. The Kier molecular flexibility index (Phi) is 5.59. The van der Waals surface area contributed by atoms with Crippen molar-refractivity contribution in [3.63, 3.8) is 0 Å². The highest BCUT2D eigenvalue weighted by atomic mass is 35.5. The SMILES string of the molecule is CNCc1cc(Cl)cc(OC)c1OCC(C)C. The standard InChI is InChI=1S/C13H20ClNO2/c1-9(2)8-17-13-10(7-15-3)5-11(14)6-12(13)16-4/h5-6,9,15H,7-8H2,1-4H3. The minimum atomic E-state index is 0.470. The van der Waals surface area contributed by atoms with E-state index in [1.54, 1.807) is 13.2 Å². The van der Waals surface area contributed by atoms with Gasteiger partial charge in [-0.1, -0.05) is 25.4 Å². The van der Waals surface area contributed by atoms with Crippen LogP contribution in [-0.4, -0.2) is 20.8 Å². The number of halogens is 1. The number of hydrogen-bond donors (Lipinski definition) is 1. The maximum atomic E-state index is 6.04. The van der Waals surface area contributed by atoms with E-state index in [9.17, 15) is 0 Å². The summed E-state index contributed by atoms with van der Waals surface area (Å²) in [5.41, 5.74) is 1.01. The molecule has 96 valence electrons. The molecule has 0 fully saturated rings. The predicted molar refractivity (Wildman–Crippen MR) is 71.1 cm³/mol. The van der Waals surface area contributed by atoms with Crippen molar-refractivity contribution in [3.8, 4) is 11.5 Å². The van der Waals surface area contributed by atoms with Crippen molar-refractivity contribution in [2.45, 2.75) is 20.4 Å². The Labute approximate surface area is 108 Å². The molecule has 0 atom stereocenters. The minimum absolute atomic E-state index is 0.470. The lowest BCUT2D eigenvalue weighted by molar-refractivity contribution is 0.254. The molecule has 1 aromatic rings. The fraction of sp³-hybridized carbons (Fsp3) is 0.538. The van der Waals surface area contributed by atoms with E-state index in [1.807, 2.05) is 13.1 Å². The highest BCUT2D eigenvalue weighted by Crippen LogP contribution is 2.35. The van der Waals surface area contributed by atoms with Gasteiger partial charge in [0, 0.05) is 23.2 Å². The first-order valence-electron chi connectivity index (χ1n) is 5.72. The van der Waals surface area contributed by atoms with Crippen LogP contribution in [0.1, 0.15) is 19.4 Å². The molecular weight excluding hydrogens is 238 g/mol. The monoisotopic (exact) mass is 257 g/mol. The Hall–Kier alpha value is -0.930. The molecule has 0 saturated carbocycles. The third kappa shape index (κ3) is 4.10. The van der Waals surface area contributed by atoms with Crippen LogP contribution in [0.3, 0.4) is 0 Å². The molecule has 17 heavy (non-hydrogen) atoms. The van der Waals surface area contributed by atoms with Crippen LogP contribution >= 0.6 is 11.6 Å². The molecule has 0 bridgehead atoms. The minimum Gasteiger partial charge on any atom is -0.493 e. The molecule has 3 nitrogen and oxygen atoms in total. The lowest BCUT2D eigenvalue weighted by Gasteiger charge is -2.16. The Bertz CT molecular complexity index is 367. The molecule has 0 aromatic heterocycles. The van der Waals surface area contributed by atoms with Gasteiger partial charge in [-0.2, -0.15) is 0 Å². The summed E-state index contributed by atoms with van der Waals surface area (Å²) in [4.78, 5) is 0. The molecule has 0 radical (unpaired) electrons. The number of ether oxygens (including phenoxy) is 2. The van der Waals surface area contributed by atoms with Crippen LogP contribution in [0, 0.1) is 5.92 Å². The average Bonchev–Trinajstić information content (AvgIpc) is 2.27. The van der Waals surface area contributed by atoms with E-state index in [0.29, 0.717) is 29.8 Å². The molecule has 0 heterocycles. The lowest BCUT2D eigenvalue weighted by Crippen LogP contribution is -2.11. The van der Waals surface area contributed by atoms with Crippen LogP contribution in [0.25, 0.3) is 0 Å². The van der Waals surface area contributed by atoms with Gasteiger partial charge in [0.2, 0.25) is 0 Å². The van der Waals surface area contributed by atoms with Gasteiger partial charge in [0.05, 0.1) is 13.7 Å². The summed E-state index contributed by atoms with van der Waals surface area (Å²) in [5, 5.41) is 3.75. The lowest BCUT2D eigenvalue weighted by atomic mass is 10.1. The summed E-state index contributed by atoms with van der Waals surface area (Å²) in [6, 6.07) is 3.67. The molecule has 0 aliphatic heterocycles. The van der Waals surface area contributed by atoms with E-state index >= 15 is 0 Å². The van der Waals surface area contributed by atoms with Gasteiger partial charge >= 0.3 is 0 Å². The van der Waals surface area contributed by atoms with Crippen LogP contribution in [0.5, 0.6) is 11.5 Å². The topological polar surface area (TPSA) is 30.5 Å². The number of nitrogens with one attached hydrogen (secondary N) is 1. The number of methoxy groups -OCH3 is 1. The zero-order valence-electron chi connectivity index (χ0n) is 10.8. The molecule has 0 amide bonds. The van der Waals surface area contributed by atoms with E-state index < -0.39 is 0 Å². The third-order valence-electron chi connectivity index (χ3n) is 2.24. The normalized spacial score (nSPS) is 10.7. The summed E-state index contributed by atoms with van der Waals surface area (Å²) in [5.74, 6) is 1.93. The molecule has 0 spiro atoms. The van der Waals surface area contributed by atoms with Crippen LogP contribution in [0.15, 0.2) is 12.1 Å². The second kappa shape index (κ2) is 6.72. The smallest absolute Gasteiger partial charge is 0.165 e. The molecule has 1 aromatic carbocycles. The van der Waals surface area contributed by atoms with Gasteiger partial charge in [0.25, 0.3) is 0 Å². The van der Waals surface area contributed by atoms with Crippen LogP contribution in [-0.2, 0) is 6.54 Å². The molecule has 0 aliphatic carbocycles. The first-order valence-corrected chi connectivity index (χ1v) is 6.10. The van der Waals surface area contributed by atoms with Gasteiger partial charge in [-0.05, 0) is 19.0 Å². The zero-order chi connectivity index (χ0) is 12.8. The molecule has 4 heteroatoms. The Morgan fingerprint density at radius 3 is 2.59 bits per heavy atom. The fourth-order valence-electron chi connectivity index (χ4n) is 1.51. The van der Waals surface area contributed by atoms with Crippen molar-refractivity contribution in [1.82, 2.24) is 5.32 Å². The molecular formula is C13H20ClNO2. The first-order chi connectivity index (χ1) is 8.08. The van der Waals surface area contributed by atoms with Crippen molar-refractivity contribution in [2.24, 2.45) is 5.92 Å². The maximum Gasteiger partial charge on any atom is 0.165 e. The highest BCUT2D eigenvalue weighted by molar-refractivity contribution is 6.30. The van der Waals surface area contributed by atoms with Gasteiger partial charge in [-0.15, -0.1) is 0 Å². The summed E-state index contributed by atoms with van der Waals surface area (Å²) in [6.45, 7) is 5.58. The van der Waals surface area contributed by atoms with Gasteiger partial charge in [0.1, 0.15) is 0 Å². The van der Waals surface area contributed by atoms with E-state index in [1.165, 1.54) is 0 Å². The van der Waals surface area contributed by atoms with E-state index in [4.69, 9.17) is 21.1 Å². The average molecular weight is 258 g/mol. The van der Waals surface area contributed by atoms with E-state index in [0.717, 1.165) is 11.3 Å². The summed E-state index contributed by atoms with van der Waals surface area (Å²) >= 11 is 6.04. The molecule has 0 aliphatic rings. The van der Waals surface area contributed by atoms with Gasteiger partial charge in [-0.25, -0.2) is 0 Å². The first kappa shape index (κ1) is 14.1. The van der Waals surface area contributed by atoms with Crippen LogP contribution < -0.4 is 14.8 Å². The van der Waals surface area contributed by atoms with Crippen molar-refractivity contribution in [2.75, 3.05) is 20.8 Å². The Morgan fingerprint density at radius 2 is 2.06 bits per heavy atom. The van der Waals surface area contributed by atoms with Crippen LogP contribution in [0.2, 0.25) is 5.02 Å². The molecule has 1 N–H and O–H groups in total. The number of hydrogen-bond acceptors (Lipinski definition) is 3. The second-order valence-electron chi connectivity index (χ2n) is 4.33. The fourth-order valence-corrected chi connectivity index (χ4v) is 1.74. The van der Waals surface area contributed by atoms with E-state index in [2.05, 4.69) is 19.2 Å². The third-order valence-corrected chi connectivity index (χ3v) is 2.46. The van der Waals surface area contributed by atoms with E-state index in [-0.39, 0.29) is 0 Å². The van der Waals surface area contributed by atoms with Crippen molar-refractivity contribution < 1.29 is 9.47 Å². The second-order valence-corrected chi connectivity index (χ2v) is 4.77. The number of rotatable bonds is 6. The van der Waals surface area contributed by atoms with Gasteiger partial charge in [-0.3, -0.25) is 0 Å². The van der Waals surface area contributed by atoms with Gasteiger partial charge in [0.15, 0.2) is 11.5 Å². The molecule has 1 rings (SSSR count). The van der Waals surface area contributed by atoms with Gasteiger partial charge < -0.3 is 14.8 Å².